The quantitative estimate of drug-likeness (QED) is 0.0569. The molecule has 0 radical (unpaired) electrons. The second-order valence-electron chi connectivity index (χ2n) is 16.6. The van der Waals surface area contributed by atoms with Gasteiger partial charge in [0.1, 0.15) is 27.3 Å². The zero-order chi connectivity index (χ0) is 50.3. The number of imide groups is 1. The van der Waals surface area contributed by atoms with E-state index in [1.165, 1.54) is 31.3 Å². The maximum Gasteiger partial charge on any atom is 0.365 e. The number of rotatable bonds is 32. The number of hydrogen-bond donors (Lipinski definition) is 2. The van der Waals surface area contributed by atoms with Gasteiger partial charge in [0, 0.05) is 76.1 Å². The monoisotopic (exact) mass is 986 g/mol. The van der Waals surface area contributed by atoms with Crippen LogP contribution in [0.3, 0.4) is 0 Å². The first-order valence-corrected chi connectivity index (χ1v) is 23.8. The zero-order valence-electron chi connectivity index (χ0n) is 39.9. The summed E-state index contributed by atoms with van der Waals surface area (Å²) in [5, 5.41) is 12.4. The molecule has 2 N–H and O–H groups in total. The van der Waals surface area contributed by atoms with Crippen molar-refractivity contribution in [3.8, 4) is 0 Å². The lowest BCUT2D eigenvalue weighted by Gasteiger charge is -2.37. The third-order valence-corrected chi connectivity index (χ3v) is 12.5. The lowest BCUT2D eigenvalue weighted by Crippen LogP contribution is -2.47. The van der Waals surface area contributed by atoms with Crippen LogP contribution in [0.15, 0.2) is 65.8 Å². The van der Waals surface area contributed by atoms with Crippen LogP contribution < -0.4 is 10.6 Å². The fourth-order valence-corrected chi connectivity index (χ4v) is 8.58. The molecule has 2 aromatic carbocycles. The normalized spacial score (nSPS) is 16.5. The van der Waals surface area contributed by atoms with Gasteiger partial charge in [0.25, 0.3) is 11.8 Å². The van der Waals surface area contributed by atoms with Gasteiger partial charge in [-0.15, -0.1) is 0 Å². The van der Waals surface area contributed by atoms with Gasteiger partial charge in [0.2, 0.25) is 11.8 Å². The molecular formula is C48H64F2N6O12S. The number of hydroxylamine groups is 2. The molecule has 2 aliphatic heterocycles. The van der Waals surface area contributed by atoms with Crippen LogP contribution in [0.25, 0.3) is 0 Å². The summed E-state index contributed by atoms with van der Waals surface area (Å²) in [6, 6.07) is 10.5. The Hall–Kier alpha value is -5.45. The number of hydrazone groups is 1. The minimum atomic E-state index is -1.24. The van der Waals surface area contributed by atoms with E-state index in [9.17, 15) is 38.0 Å². The Kier molecular flexibility index (Phi) is 23.5. The third kappa shape index (κ3) is 17.5. The molecule has 0 fully saturated rings. The van der Waals surface area contributed by atoms with Crippen LogP contribution in [0.4, 0.5) is 13.6 Å². The largest absolute Gasteiger partial charge is 0.379 e. The molecule has 378 valence electrons. The highest BCUT2D eigenvalue weighted by molar-refractivity contribution is 8.15. The zero-order valence-corrected chi connectivity index (χ0v) is 40.7. The van der Waals surface area contributed by atoms with Crippen molar-refractivity contribution in [1.82, 2.24) is 25.6 Å². The average Bonchev–Trinajstić information content (AvgIpc) is 3.88. The maximum absolute atomic E-state index is 15.0. The Balaban J connectivity index is 1.10. The number of ether oxygens (including phenoxy) is 4. The van der Waals surface area contributed by atoms with Crippen molar-refractivity contribution in [2.75, 3.05) is 80.1 Å². The van der Waals surface area contributed by atoms with E-state index in [0.717, 1.165) is 39.9 Å². The highest BCUT2D eigenvalue weighted by atomic mass is 32.2. The minimum Gasteiger partial charge on any atom is -0.379 e. The fourth-order valence-electron chi connectivity index (χ4n) is 7.17. The fraction of sp³-hybridized carbons (Fsp3) is 0.542. The number of urea groups is 1. The molecule has 0 unspecified atom stereocenters. The summed E-state index contributed by atoms with van der Waals surface area (Å²) in [7, 11) is 2.72. The number of carbonyl (C=O) groups is 7. The van der Waals surface area contributed by atoms with Crippen molar-refractivity contribution in [3.05, 3.63) is 83.4 Å². The van der Waals surface area contributed by atoms with Gasteiger partial charge < -0.3 is 29.6 Å². The summed E-state index contributed by atoms with van der Waals surface area (Å²) in [6.07, 6.45) is 3.75. The molecule has 18 nitrogen and oxygen atoms in total. The molecule has 2 aromatic rings. The number of nitrogens with zero attached hydrogens (tertiary/aromatic N) is 4. The second kappa shape index (κ2) is 28.9. The van der Waals surface area contributed by atoms with Gasteiger partial charge in [-0.2, -0.15) is 10.1 Å². The Labute approximate surface area is 405 Å². The molecule has 0 aliphatic carbocycles. The number of amides is 6. The highest BCUT2D eigenvalue weighted by Gasteiger charge is 2.50. The molecule has 0 spiro atoms. The summed E-state index contributed by atoms with van der Waals surface area (Å²) in [5.74, 6) is -4.26. The van der Waals surface area contributed by atoms with Gasteiger partial charge in [-0.05, 0) is 48.9 Å². The molecule has 0 saturated heterocycles. The summed E-state index contributed by atoms with van der Waals surface area (Å²) in [5.41, 5.74) is 0.543. The lowest BCUT2D eigenvalue weighted by atomic mass is 9.92. The van der Waals surface area contributed by atoms with Crippen molar-refractivity contribution < 1.29 is 66.1 Å². The average molecular weight is 987 g/mol. The van der Waals surface area contributed by atoms with Crippen LogP contribution in [-0.4, -0.2) is 147 Å². The Morgan fingerprint density at radius 2 is 1.43 bits per heavy atom. The number of Topliss-reactive ketones (excluding diaryl/α,β-unsaturated/α-hetero) is 2. The summed E-state index contributed by atoms with van der Waals surface area (Å²) in [4.78, 5) is 93.2. The number of hydrogen-bond acceptors (Lipinski definition) is 14. The van der Waals surface area contributed by atoms with Crippen LogP contribution in [0.2, 0.25) is 0 Å². The van der Waals surface area contributed by atoms with Gasteiger partial charge in [-0.1, -0.05) is 62.9 Å². The number of halogens is 2. The molecule has 0 bridgehead atoms. The second-order valence-corrected chi connectivity index (χ2v) is 17.8. The number of ketones is 2. The number of benzene rings is 2. The molecule has 69 heavy (non-hydrogen) atoms. The first-order valence-electron chi connectivity index (χ1n) is 22.9. The van der Waals surface area contributed by atoms with Gasteiger partial charge in [-0.25, -0.2) is 18.6 Å². The van der Waals surface area contributed by atoms with E-state index >= 15 is 4.39 Å². The minimum absolute atomic E-state index is 0.0133. The Morgan fingerprint density at radius 3 is 2.06 bits per heavy atom. The van der Waals surface area contributed by atoms with E-state index in [-0.39, 0.29) is 98.5 Å². The first-order chi connectivity index (χ1) is 33.1. The SMILES string of the molecule is CON(C)C(=O)N1N=C(c2cc(F)ccc2F)S[C@@]1(CCCNC(=O)[C@H](C)CC(=O)[C@@H](NC(=O)CCOCCOCCOCCOCCCC(=O)CCN1C(=O)C=CC1=O)C(C)C)c1ccccc1. The molecular weight excluding hydrogens is 923 g/mol. The first kappa shape index (κ1) is 56.1. The smallest absolute Gasteiger partial charge is 0.365 e. The number of nitrogens with one attached hydrogen (secondary N) is 2. The van der Waals surface area contributed by atoms with Gasteiger partial charge >= 0.3 is 6.03 Å². The van der Waals surface area contributed by atoms with Crippen LogP contribution >= 0.6 is 11.8 Å². The molecule has 4 rings (SSSR count). The summed E-state index contributed by atoms with van der Waals surface area (Å²) >= 11 is 1.09. The van der Waals surface area contributed by atoms with E-state index in [0.29, 0.717) is 57.9 Å². The summed E-state index contributed by atoms with van der Waals surface area (Å²) in [6.45, 7) is 7.83. The van der Waals surface area contributed by atoms with E-state index in [1.807, 2.05) is 0 Å². The predicted molar refractivity (Wildman–Crippen MR) is 251 cm³/mol. The lowest BCUT2D eigenvalue weighted by molar-refractivity contribution is -0.137. The maximum atomic E-state index is 15.0. The van der Waals surface area contributed by atoms with E-state index in [2.05, 4.69) is 15.7 Å². The molecule has 21 heteroatoms. The van der Waals surface area contributed by atoms with Crippen LogP contribution in [0.5, 0.6) is 0 Å². The van der Waals surface area contributed by atoms with Crippen LogP contribution in [-0.2, 0) is 57.4 Å². The molecule has 0 saturated carbocycles. The molecule has 3 atom stereocenters. The molecule has 2 heterocycles. The number of thioether (sulfide) groups is 1. The van der Waals surface area contributed by atoms with Crippen molar-refractivity contribution in [2.24, 2.45) is 16.9 Å². The standard InChI is InChI=1S/C48H64F2N6O12S/c1-33(2)44(52-41(59)19-24-66-26-28-68-30-29-67-27-25-65-23-9-13-37(57)18-22-55-42(60)16-17-43(55)61)40(58)31-34(3)45(62)51-21-10-20-48(35-11-7-6-8-12-35)56(47(63)54(4)64-5)53-46(69-48)38-32-36(49)14-15-39(38)50/h6-8,11-12,14-17,32-34,44H,9-10,13,18-31H2,1-5H3,(H,51,62)(H,52,59)/t34-,44+,48+/m1/s1. The van der Waals surface area contributed by atoms with Gasteiger partial charge in [-0.3, -0.25) is 38.5 Å². The van der Waals surface area contributed by atoms with E-state index in [4.69, 9.17) is 23.8 Å². The van der Waals surface area contributed by atoms with E-state index < -0.39 is 46.3 Å². The van der Waals surface area contributed by atoms with Gasteiger partial charge in [0.05, 0.1) is 59.4 Å². The third-order valence-electron chi connectivity index (χ3n) is 11.0. The molecule has 0 aromatic heterocycles. The van der Waals surface area contributed by atoms with Crippen molar-refractivity contribution in [1.29, 1.82) is 0 Å². The van der Waals surface area contributed by atoms with Crippen molar-refractivity contribution in [2.45, 2.75) is 76.6 Å². The van der Waals surface area contributed by atoms with Crippen molar-refractivity contribution >= 4 is 58.0 Å². The highest BCUT2D eigenvalue weighted by Crippen LogP contribution is 2.51. The topological polar surface area (TPSA) is 212 Å². The molecule has 6 amide bonds. The summed E-state index contributed by atoms with van der Waals surface area (Å²) < 4.78 is 51.3. The Morgan fingerprint density at radius 1 is 0.812 bits per heavy atom. The van der Waals surface area contributed by atoms with Crippen LogP contribution in [0, 0.1) is 23.5 Å². The number of carbonyl (C=O) groups excluding carboxylic acids is 7. The van der Waals surface area contributed by atoms with Gasteiger partial charge in [0.15, 0.2) is 5.78 Å². The van der Waals surface area contributed by atoms with Crippen LogP contribution in [0.1, 0.15) is 76.8 Å². The van der Waals surface area contributed by atoms with E-state index in [1.54, 1.807) is 51.1 Å². The molecule has 2 aliphatic rings. The Bertz CT molecular complexity index is 2110. The predicted octanol–water partition coefficient (Wildman–Crippen LogP) is 4.89. The van der Waals surface area contributed by atoms with Crippen molar-refractivity contribution in [3.63, 3.8) is 0 Å².